The maximum absolute atomic E-state index is 11.1. The standard InChI is InChI=1S/C12H18N2O3/c1-9(2)14(7-4-8-15)11-10(12(16)17)5-3-6-13-11/h3,5-6,9,15H,4,7-8H2,1-2H3,(H,16,17). The van der Waals surface area contributed by atoms with E-state index in [4.69, 9.17) is 10.2 Å². The molecule has 5 nitrogen and oxygen atoms in total. The van der Waals surface area contributed by atoms with Crippen LogP contribution in [0.4, 0.5) is 5.82 Å². The van der Waals surface area contributed by atoms with Gasteiger partial charge in [-0.05, 0) is 32.4 Å². The molecule has 0 aliphatic rings. The first-order valence-electron chi connectivity index (χ1n) is 5.63. The molecular weight excluding hydrogens is 220 g/mol. The van der Waals surface area contributed by atoms with Crippen molar-refractivity contribution in [3.8, 4) is 0 Å². The summed E-state index contributed by atoms with van der Waals surface area (Å²) in [6.45, 7) is 4.61. The van der Waals surface area contributed by atoms with Gasteiger partial charge in [-0.2, -0.15) is 0 Å². The highest BCUT2D eigenvalue weighted by Crippen LogP contribution is 2.19. The summed E-state index contributed by atoms with van der Waals surface area (Å²) in [5.74, 6) is -0.522. The van der Waals surface area contributed by atoms with Gasteiger partial charge in [0.05, 0.1) is 0 Å². The fourth-order valence-corrected chi connectivity index (χ4v) is 1.64. The van der Waals surface area contributed by atoms with Crippen molar-refractivity contribution in [3.05, 3.63) is 23.9 Å². The van der Waals surface area contributed by atoms with Gasteiger partial charge in [0.2, 0.25) is 0 Å². The SMILES string of the molecule is CC(C)N(CCCO)c1ncccc1C(=O)O. The van der Waals surface area contributed by atoms with Crippen molar-refractivity contribution < 1.29 is 15.0 Å². The molecule has 0 saturated heterocycles. The first kappa shape index (κ1) is 13.4. The molecule has 0 bridgehead atoms. The Bertz CT molecular complexity index is 380. The fourth-order valence-electron chi connectivity index (χ4n) is 1.64. The number of carboxylic acids is 1. The van der Waals surface area contributed by atoms with E-state index in [2.05, 4.69) is 4.98 Å². The summed E-state index contributed by atoms with van der Waals surface area (Å²) < 4.78 is 0. The second kappa shape index (κ2) is 6.20. The molecule has 0 amide bonds. The molecule has 0 spiro atoms. The zero-order chi connectivity index (χ0) is 12.8. The minimum absolute atomic E-state index is 0.0818. The molecule has 1 aromatic rings. The van der Waals surface area contributed by atoms with E-state index in [1.54, 1.807) is 18.3 Å². The Morgan fingerprint density at radius 2 is 2.24 bits per heavy atom. The van der Waals surface area contributed by atoms with Gasteiger partial charge < -0.3 is 15.1 Å². The first-order valence-corrected chi connectivity index (χ1v) is 5.63. The molecule has 0 aliphatic carbocycles. The van der Waals surface area contributed by atoms with Gasteiger partial charge in [-0.3, -0.25) is 0 Å². The second-order valence-corrected chi connectivity index (χ2v) is 4.04. The lowest BCUT2D eigenvalue weighted by atomic mass is 10.2. The highest BCUT2D eigenvalue weighted by atomic mass is 16.4. The van der Waals surface area contributed by atoms with Crippen LogP contribution in [0.25, 0.3) is 0 Å². The van der Waals surface area contributed by atoms with Gasteiger partial charge in [-0.1, -0.05) is 0 Å². The van der Waals surface area contributed by atoms with Crippen molar-refractivity contribution in [2.45, 2.75) is 26.3 Å². The van der Waals surface area contributed by atoms with Gasteiger partial charge in [-0.25, -0.2) is 9.78 Å². The highest BCUT2D eigenvalue weighted by molar-refractivity contribution is 5.93. The van der Waals surface area contributed by atoms with E-state index >= 15 is 0 Å². The van der Waals surface area contributed by atoms with Crippen LogP contribution in [0.15, 0.2) is 18.3 Å². The predicted octanol–water partition coefficient (Wildman–Crippen LogP) is 1.38. The third-order valence-corrected chi connectivity index (χ3v) is 2.47. The number of nitrogens with zero attached hydrogens (tertiary/aromatic N) is 2. The maximum Gasteiger partial charge on any atom is 0.339 e. The number of hydrogen-bond donors (Lipinski definition) is 2. The van der Waals surface area contributed by atoms with Gasteiger partial charge in [-0.15, -0.1) is 0 Å². The van der Waals surface area contributed by atoms with Gasteiger partial charge in [0.25, 0.3) is 0 Å². The third-order valence-electron chi connectivity index (χ3n) is 2.47. The summed E-state index contributed by atoms with van der Waals surface area (Å²) >= 11 is 0. The molecule has 0 radical (unpaired) electrons. The number of aromatic carboxylic acids is 1. The summed E-state index contributed by atoms with van der Waals surface area (Å²) in [7, 11) is 0. The molecule has 0 saturated carbocycles. The van der Waals surface area contributed by atoms with Crippen LogP contribution in [0, 0.1) is 0 Å². The Balaban J connectivity index is 3.04. The quantitative estimate of drug-likeness (QED) is 0.783. The zero-order valence-corrected chi connectivity index (χ0v) is 10.1. The average molecular weight is 238 g/mol. The summed E-state index contributed by atoms with van der Waals surface area (Å²) in [5, 5.41) is 18.0. The maximum atomic E-state index is 11.1. The molecule has 1 heterocycles. The van der Waals surface area contributed by atoms with Crippen LogP contribution < -0.4 is 4.90 Å². The smallest absolute Gasteiger partial charge is 0.339 e. The van der Waals surface area contributed by atoms with Crippen molar-refractivity contribution in [1.82, 2.24) is 4.98 Å². The first-order chi connectivity index (χ1) is 8.07. The van der Waals surface area contributed by atoms with E-state index in [0.717, 1.165) is 0 Å². The van der Waals surface area contributed by atoms with Crippen LogP contribution in [0.3, 0.4) is 0 Å². The van der Waals surface area contributed by atoms with Gasteiger partial charge in [0, 0.05) is 25.4 Å². The van der Waals surface area contributed by atoms with Crippen LogP contribution in [0.2, 0.25) is 0 Å². The lowest BCUT2D eigenvalue weighted by Crippen LogP contribution is -2.34. The van der Waals surface area contributed by atoms with Crippen molar-refractivity contribution in [1.29, 1.82) is 0 Å². The molecule has 0 aliphatic heterocycles. The lowest BCUT2D eigenvalue weighted by Gasteiger charge is -2.28. The molecule has 0 unspecified atom stereocenters. The van der Waals surface area contributed by atoms with E-state index < -0.39 is 5.97 Å². The van der Waals surface area contributed by atoms with Crippen molar-refractivity contribution in [2.24, 2.45) is 0 Å². The number of carboxylic acid groups (broad SMARTS) is 1. The van der Waals surface area contributed by atoms with E-state index in [0.29, 0.717) is 18.8 Å². The lowest BCUT2D eigenvalue weighted by molar-refractivity contribution is 0.0697. The summed E-state index contributed by atoms with van der Waals surface area (Å²) in [6.07, 6.45) is 2.17. The molecule has 94 valence electrons. The molecule has 0 fully saturated rings. The molecular formula is C12H18N2O3. The van der Waals surface area contributed by atoms with Crippen LogP contribution >= 0.6 is 0 Å². The Labute approximate surface area is 101 Å². The zero-order valence-electron chi connectivity index (χ0n) is 10.1. The molecule has 1 aromatic heterocycles. The second-order valence-electron chi connectivity index (χ2n) is 4.04. The largest absolute Gasteiger partial charge is 0.478 e. The predicted molar refractivity (Wildman–Crippen MR) is 65.4 cm³/mol. The van der Waals surface area contributed by atoms with Crippen molar-refractivity contribution in [2.75, 3.05) is 18.1 Å². The number of rotatable bonds is 6. The monoisotopic (exact) mass is 238 g/mol. The number of hydrogen-bond acceptors (Lipinski definition) is 4. The topological polar surface area (TPSA) is 73.7 Å². The molecule has 0 atom stereocenters. The molecule has 2 N–H and O–H groups in total. The van der Waals surface area contributed by atoms with E-state index in [1.165, 1.54) is 0 Å². The van der Waals surface area contributed by atoms with Gasteiger partial charge >= 0.3 is 5.97 Å². The summed E-state index contributed by atoms with van der Waals surface area (Å²) in [4.78, 5) is 17.1. The Hall–Kier alpha value is -1.62. The minimum atomic E-state index is -0.984. The Morgan fingerprint density at radius 3 is 2.76 bits per heavy atom. The minimum Gasteiger partial charge on any atom is -0.478 e. The van der Waals surface area contributed by atoms with Crippen molar-refractivity contribution >= 4 is 11.8 Å². The molecule has 1 rings (SSSR count). The molecule has 0 aromatic carbocycles. The summed E-state index contributed by atoms with van der Waals surface area (Å²) in [5.41, 5.74) is 0.194. The van der Waals surface area contributed by atoms with Gasteiger partial charge in [0.1, 0.15) is 11.4 Å². The number of pyridine rings is 1. The van der Waals surface area contributed by atoms with E-state index in [1.807, 2.05) is 18.7 Å². The summed E-state index contributed by atoms with van der Waals surface area (Å²) in [6, 6.07) is 3.28. The van der Waals surface area contributed by atoms with E-state index in [-0.39, 0.29) is 18.2 Å². The average Bonchev–Trinajstić information content (AvgIpc) is 2.29. The van der Waals surface area contributed by atoms with Crippen LogP contribution in [-0.4, -0.2) is 40.4 Å². The van der Waals surface area contributed by atoms with Crippen LogP contribution in [-0.2, 0) is 0 Å². The van der Waals surface area contributed by atoms with Crippen LogP contribution in [0.5, 0.6) is 0 Å². The number of aliphatic hydroxyl groups is 1. The number of aliphatic hydroxyl groups excluding tert-OH is 1. The molecule has 17 heavy (non-hydrogen) atoms. The van der Waals surface area contributed by atoms with E-state index in [9.17, 15) is 4.79 Å². The Kier molecular flexibility index (Phi) is 4.90. The van der Waals surface area contributed by atoms with Crippen molar-refractivity contribution in [3.63, 3.8) is 0 Å². The normalized spacial score (nSPS) is 10.6. The van der Waals surface area contributed by atoms with Gasteiger partial charge in [0.15, 0.2) is 0 Å². The number of anilines is 1. The number of aromatic nitrogens is 1. The van der Waals surface area contributed by atoms with Crippen LogP contribution in [0.1, 0.15) is 30.6 Å². The fraction of sp³-hybridized carbons (Fsp3) is 0.500. The number of carbonyl (C=O) groups is 1. The Morgan fingerprint density at radius 1 is 1.53 bits per heavy atom. The molecule has 5 heteroatoms. The third kappa shape index (κ3) is 3.42. The highest BCUT2D eigenvalue weighted by Gasteiger charge is 2.18.